The van der Waals surface area contributed by atoms with Crippen molar-refractivity contribution in [1.82, 2.24) is 10.3 Å². The number of amides is 1. The van der Waals surface area contributed by atoms with E-state index in [1.54, 1.807) is 6.20 Å². The summed E-state index contributed by atoms with van der Waals surface area (Å²) in [5.41, 5.74) is 6.52. The van der Waals surface area contributed by atoms with Crippen LogP contribution in [0.1, 0.15) is 36.2 Å². The molecule has 4 nitrogen and oxygen atoms in total. The number of aromatic nitrogens is 1. The Hall–Kier alpha value is -1.94. The van der Waals surface area contributed by atoms with Crippen molar-refractivity contribution in [3.8, 4) is 0 Å². The SMILES string of the molecule is NC1CCCCC1NC(=O)c1cc2ccccc2cn1. The fraction of sp³-hybridized carbons (Fsp3) is 0.375. The second-order valence-electron chi connectivity index (χ2n) is 5.44. The fourth-order valence-corrected chi connectivity index (χ4v) is 2.79. The van der Waals surface area contributed by atoms with Crippen LogP contribution in [0, 0.1) is 0 Å². The number of hydrogen-bond donors (Lipinski definition) is 2. The molecule has 1 saturated carbocycles. The second-order valence-corrected chi connectivity index (χ2v) is 5.44. The van der Waals surface area contributed by atoms with Gasteiger partial charge in [0.1, 0.15) is 5.69 Å². The van der Waals surface area contributed by atoms with Crippen LogP contribution in [0.15, 0.2) is 36.5 Å². The Bertz CT molecular complexity index is 626. The number of carbonyl (C=O) groups excluding carboxylic acids is 1. The monoisotopic (exact) mass is 269 g/mol. The maximum Gasteiger partial charge on any atom is 0.270 e. The third-order valence-corrected chi connectivity index (χ3v) is 4.00. The maximum absolute atomic E-state index is 12.3. The summed E-state index contributed by atoms with van der Waals surface area (Å²) in [6, 6.07) is 9.87. The Labute approximate surface area is 118 Å². The van der Waals surface area contributed by atoms with E-state index in [4.69, 9.17) is 5.73 Å². The highest BCUT2D eigenvalue weighted by Crippen LogP contribution is 2.18. The summed E-state index contributed by atoms with van der Waals surface area (Å²) in [6.45, 7) is 0. The summed E-state index contributed by atoms with van der Waals surface area (Å²) in [4.78, 5) is 16.5. The highest BCUT2D eigenvalue weighted by atomic mass is 16.1. The van der Waals surface area contributed by atoms with Crippen LogP contribution >= 0.6 is 0 Å². The molecule has 4 heteroatoms. The van der Waals surface area contributed by atoms with E-state index in [1.807, 2.05) is 30.3 Å². The average molecular weight is 269 g/mol. The van der Waals surface area contributed by atoms with E-state index in [0.29, 0.717) is 5.69 Å². The van der Waals surface area contributed by atoms with Gasteiger partial charge in [0.2, 0.25) is 0 Å². The number of benzene rings is 1. The summed E-state index contributed by atoms with van der Waals surface area (Å²) in [6.07, 6.45) is 5.97. The predicted octanol–water partition coefficient (Wildman–Crippen LogP) is 2.23. The first kappa shape index (κ1) is 13.1. The molecule has 2 atom stereocenters. The van der Waals surface area contributed by atoms with Gasteiger partial charge in [0.05, 0.1) is 0 Å². The summed E-state index contributed by atoms with van der Waals surface area (Å²) >= 11 is 0. The van der Waals surface area contributed by atoms with Gasteiger partial charge in [0.15, 0.2) is 0 Å². The molecule has 104 valence electrons. The van der Waals surface area contributed by atoms with Crippen molar-refractivity contribution in [2.24, 2.45) is 5.73 Å². The van der Waals surface area contributed by atoms with Crippen LogP contribution in [0.2, 0.25) is 0 Å². The van der Waals surface area contributed by atoms with Gasteiger partial charge in [-0.3, -0.25) is 9.78 Å². The molecule has 1 fully saturated rings. The van der Waals surface area contributed by atoms with Gasteiger partial charge in [-0.05, 0) is 24.3 Å². The lowest BCUT2D eigenvalue weighted by Gasteiger charge is -2.29. The number of hydrogen-bond acceptors (Lipinski definition) is 3. The number of carbonyl (C=O) groups is 1. The van der Waals surface area contributed by atoms with Crippen LogP contribution in [0.3, 0.4) is 0 Å². The molecule has 0 aliphatic heterocycles. The number of nitrogens with zero attached hydrogens (tertiary/aromatic N) is 1. The van der Waals surface area contributed by atoms with Gasteiger partial charge in [0, 0.05) is 23.7 Å². The molecule has 1 aliphatic rings. The smallest absolute Gasteiger partial charge is 0.270 e. The fourth-order valence-electron chi connectivity index (χ4n) is 2.79. The van der Waals surface area contributed by atoms with Crippen molar-refractivity contribution in [1.29, 1.82) is 0 Å². The van der Waals surface area contributed by atoms with Gasteiger partial charge in [0.25, 0.3) is 5.91 Å². The number of pyridine rings is 1. The Morgan fingerprint density at radius 1 is 1.20 bits per heavy atom. The van der Waals surface area contributed by atoms with Crippen LogP contribution in [0.5, 0.6) is 0 Å². The van der Waals surface area contributed by atoms with E-state index in [2.05, 4.69) is 10.3 Å². The highest BCUT2D eigenvalue weighted by Gasteiger charge is 2.24. The zero-order valence-corrected chi connectivity index (χ0v) is 11.4. The van der Waals surface area contributed by atoms with Crippen LogP contribution in [-0.4, -0.2) is 23.0 Å². The van der Waals surface area contributed by atoms with Gasteiger partial charge in [-0.15, -0.1) is 0 Å². The molecule has 1 aromatic carbocycles. The third-order valence-electron chi connectivity index (χ3n) is 4.00. The number of nitrogens with one attached hydrogen (secondary N) is 1. The van der Waals surface area contributed by atoms with Crippen molar-refractivity contribution in [3.63, 3.8) is 0 Å². The highest BCUT2D eigenvalue weighted by molar-refractivity contribution is 5.96. The standard InChI is InChI=1S/C16H19N3O/c17-13-7-3-4-8-14(13)19-16(20)15-9-11-5-1-2-6-12(11)10-18-15/h1-2,5-6,9-10,13-14H,3-4,7-8,17H2,(H,19,20). The molecule has 0 radical (unpaired) electrons. The molecule has 20 heavy (non-hydrogen) atoms. The Morgan fingerprint density at radius 3 is 2.75 bits per heavy atom. The van der Waals surface area contributed by atoms with E-state index in [9.17, 15) is 4.79 Å². The molecular weight excluding hydrogens is 250 g/mol. The van der Waals surface area contributed by atoms with Crippen LogP contribution in [0.4, 0.5) is 0 Å². The van der Waals surface area contributed by atoms with E-state index in [0.717, 1.165) is 36.5 Å². The molecule has 3 N–H and O–H groups in total. The van der Waals surface area contributed by atoms with Crippen molar-refractivity contribution in [3.05, 3.63) is 42.2 Å². The predicted molar refractivity (Wildman–Crippen MR) is 79.4 cm³/mol. The summed E-state index contributed by atoms with van der Waals surface area (Å²) < 4.78 is 0. The minimum Gasteiger partial charge on any atom is -0.346 e. The third kappa shape index (κ3) is 2.65. The summed E-state index contributed by atoms with van der Waals surface area (Å²) in [5.74, 6) is -0.127. The Kier molecular flexibility index (Phi) is 3.65. The van der Waals surface area contributed by atoms with E-state index >= 15 is 0 Å². The van der Waals surface area contributed by atoms with E-state index in [1.165, 1.54) is 0 Å². The van der Waals surface area contributed by atoms with Crippen LogP contribution in [-0.2, 0) is 0 Å². The minimum atomic E-state index is -0.127. The first-order chi connectivity index (χ1) is 9.74. The average Bonchev–Trinajstić information content (AvgIpc) is 2.49. The Balaban J connectivity index is 1.78. The van der Waals surface area contributed by atoms with Gasteiger partial charge >= 0.3 is 0 Å². The molecule has 2 unspecified atom stereocenters. The van der Waals surface area contributed by atoms with E-state index in [-0.39, 0.29) is 18.0 Å². The van der Waals surface area contributed by atoms with Crippen molar-refractivity contribution in [2.45, 2.75) is 37.8 Å². The Morgan fingerprint density at radius 2 is 1.95 bits per heavy atom. The summed E-state index contributed by atoms with van der Waals surface area (Å²) in [5, 5.41) is 5.09. The molecule has 2 aromatic rings. The maximum atomic E-state index is 12.3. The molecule has 1 amide bonds. The molecular formula is C16H19N3O. The minimum absolute atomic E-state index is 0.0631. The second kappa shape index (κ2) is 5.59. The molecule has 1 heterocycles. The van der Waals surface area contributed by atoms with E-state index < -0.39 is 0 Å². The van der Waals surface area contributed by atoms with Crippen molar-refractivity contribution >= 4 is 16.7 Å². The molecule has 0 bridgehead atoms. The zero-order chi connectivity index (χ0) is 13.9. The summed E-state index contributed by atoms with van der Waals surface area (Å²) in [7, 11) is 0. The molecule has 1 aliphatic carbocycles. The first-order valence-corrected chi connectivity index (χ1v) is 7.15. The van der Waals surface area contributed by atoms with Gasteiger partial charge in [-0.25, -0.2) is 0 Å². The van der Waals surface area contributed by atoms with Gasteiger partial charge in [-0.1, -0.05) is 37.1 Å². The van der Waals surface area contributed by atoms with Gasteiger partial charge in [-0.2, -0.15) is 0 Å². The van der Waals surface area contributed by atoms with Crippen LogP contribution < -0.4 is 11.1 Å². The first-order valence-electron chi connectivity index (χ1n) is 7.15. The van der Waals surface area contributed by atoms with Gasteiger partial charge < -0.3 is 11.1 Å². The lowest BCUT2D eigenvalue weighted by molar-refractivity contribution is 0.0916. The zero-order valence-electron chi connectivity index (χ0n) is 11.4. The molecule has 3 rings (SSSR count). The van der Waals surface area contributed by atoms with Crippen molar-refractivity contribution in [2.75, 3.05) is 0 Å². The topological polar surface area (TPSA) is 68.0 Å². The molecule has 0 saturated heterocycles. The van der Waals surface area contributed by atoms with Crippen LogP contribution in [0.25, 0.3) is 10.8 Å². The lowest BCUT2D eigenvalue weighted by Crippen LogP contribution is -2.49. The van der Waals surface area contributed by atoms with Crippen molar-refractivity contribution < 1.29 is 4.79 Å². The quantitative estimate of drug-likeness (QED) is 0.878. The lowest BCUT2D eigenvalue weighted by atomic mass is 9.91. The molecule has 0 spiro atoms. The number of nitrogens with two attached hydrogens (primary N) is 1. The number of fused-ring (bicyclic) bond motifs is 1. The normalized spacial score (nSPS) is 22.6. The molecule has 1 aromatic heterocycles. The number of rotatable bonds is 2. The largest absolute Gasteiger partial charge is 0.346 e.